The zero-order chi connectivity index (χ0) is 11.0. The SMILES string of the molecule is CCCNC(=O)CN(C)C(=O)CCCl. The molecule has 0 aliphatic carbocycles. The van der Waals surface area contributed by atoms with E-state index in [9.17, 15) is 9.59 Å². The molecule has 0 aliphatic rings. The Hall–Kier alpha value is -0.770. The van der Waals surface area contributed by atoms with Crippen molar-refractivity contribution in [1.82, 2.24) is 10.2 Å². The molecule has 0 aliphatic heterocycles. The third-order valence-electron chi connectivity index (χ3n) is 1.69. The number of hydrogen-bond donors (Lipinski definition) is 1. The molecule has 0 radical (unpaired) electrons. The summed E-state index contributed by atoms with van der Waals surface area (Å²) in [6.07, 6.45) is 1.17. The van der Waals surface area contributed by atoms with E-state index in [-0.39, 0.29) is 24.8 Å². The largest absolute Gasteiger partial charge is 0.355 e. The van der Waals surface area contributed by atoms with Crippen molar-refractivity contribution in [2.24, 2.45) is 0 Å². The minimum atomic E-state index is -0.128. The van der Waals surface area contributed by atoms with E-state index in [1.807, 2.05) is 6.92 Å². The van der Waals surface area contributed by atoms with Gasteiger partial charge in [0, 0.05) is 25.9 Å². The monoisotopic (exact) mass is 220 g/mol. The Kier molecular flexibility index (Phi) is 7.20. The van der Waals surface area contributed by atoms with Crippen molar-refractivity contribution in [3.05, 3.63) is 0 Å². The Labute approximate surface area is 89.6 Å². The third-order valence-corrected chi connectivity index (χ3v) is 1.88. The molecular formula is C9H17ClN2O2. The van der Waals surface area contributed by atoms with Crippen LogP contribution in [0.1, 0.15) is 19.8 Å². The van der Waals surface area contributed by atoms with Crippen LogP contribution in [0.5, 0.6) is 0 Å². The average molecular weight is 221 g/mol. The number of nitrogens with one attached hydrogen (secondary N) is 1. The standard InChI is InChI=1S/C9H17ClN2O2/c1-3-6-11-8(13)7-12(2)9(14)4-5-10/h3-7H2,1-2H3,(H,11,13). The second-order valence-corrected chi connectivity index (χ2v) is 3.42. The predicted octanol–water partition coefficient (Wildman–Crippen LogP) is 0.600. The van der Waals surface area contributed by atoms with Crippen LogP contribution >= 0.6 is 11.6 Å². The minimum absolute atomic E-state index is 0.105. The van der Waals surface area contributed by atoms with Crippen molar-refractivity contribution in [3.8, 4) is 0 Å². The molecule has 0 aromatic rings. The molecule has 0 fully saturated rings. The van der Waals surface area contributed by atoms with E-state index < -0.39 is 0 Å². The number of carbonyl (C=O) groups excluding carboxylic acids is 2. The van der Waals surface area contributed by atoms with Crippen LogP contribution in [0.3, 0.4) is 0 Å². The minimum Gasteiger partial charge on any atom is -0.355 e. The second kappa shape index (κ2) is 7.62. The number of alkyl halides is 1. The van der Waals surface area contributed by atoms with Gasteiger partial charge in [-0.15, -0.1) is 11.6 Å². The van der Waals surface area contributed by atoms with Gasteiger partial charge in [0.1, 0.15) is 0 Å². The van der Waals surface area contributed by atoms with Crippen LogP contribution < -0.4 is 5.32 Å². The quantitative estimate of drug-likeness (QED) is 0.667. The normalized spacial score (nSPS) is 9.64. The lowest BCUT2D eigenvalue weighted by molar-refractivity contribution is -0.134. The summed E-state index contributed by atoms with van der Waals surface area (Å²) in [5, 5.41) is 2.69. The number of halogens is 1. The molecule has 82 valence electrons. The number of hydrogen-bond acceptors (Lipinski definition) is 2. The van der Waals surface area contributed by atoms with E-state index in [0.717, 1.165) is 6.42 Å². The predicted molar refractivity (Wildman–Crippen MR) is 56.3 cm³/mol. The Balaban J connectivity index is 3.75. The summed E-state index contributed by atoms with van der Waals surface area (Å²) < 4.78 is 0. The zero-order valence-electron chi connectivity index (χ0n) is 8.68. The van der Waals surface area contributed by atoms with Crippen molar-refractivity contribution in [3.63, 3.8) is 0 Å². The van der Waals surface area contributed by atoms with Crippen molar-refractivity contribution < 1.29 is 9.59 Å². The van der Waals surface area contributed by atoms with Gasteiger partial charge in [0.25, 0.3) is 0 Å². The highest BCUT2D eigenvalue weighted by molar-refractivity contribution is 6.18. The highest BCUT2D eigenvalue weighted by atomic mass is 35.5. The molecule has 0 saturated carbocycles. The number of likely N-dealkylation sites (N-methyl/N-ethyl adjacent to an activating group) is 1. The van der Waals surface area contributed by atoms with Gasteiger partial charge in [-0.2, -0.15) is 0 Å². The van der Waals surface area contributed by atoms with Crippen LogP contribution in [0, 0.1) is 0 Å². The summed E-state index contributed by atoms with van der Waals surface area (Å²) in [4.78, 5) is 23.8. The van der Waals surface area contributed by atoms with Gasteiger partial charge in [-0.3, -0.25) is 9.59 Å². The van der Waals surface area contributed by atoms with E-state index in [0.29, 0.717) is 12.4 Å². The molecule has 4 nitrogen and oxygen atoms in total. The van der Waals surface area contributed by atoms with Gasteiger partial charge in [-0.05, 0) is 6.42 Å². The number of nitrogens with zero attached hydrogens (tertiary/aromatic N) is 1. The summed E-state index contributed by atoms with van der Waals surface area (Å²) in [5.74, 6) is 0.0589. The molecule has 0 atom stereocenters. The topological polar surface area (TPSA) is 49.4 Å². The fourth-order valence-electron chi connectivity index (χ4n) is 0.896. The summed E-state index contributed by atoms with van der Waals surface area (Å²) in [7, 11) is 1.60. The molecule has 5 heteroatoms. The van der Waals surface area contributed by atoms with Gasteiger partial charge >= 0.3 is 0 Å². The third kappa shape index (κ3) is 5.80. The van der Waals surface area contributed by atoms with Crippen molar-refractivity contribution >= 4 is 23.4 Å². The van der Waals surface area contributed by atoms with E-state index in [4.69, 9.17) is 11.6 Å². The van der Waals surface area contributed by atoms with Crippen LogP contribution in [0.2, 0.25) is 0 Å². The lowest BCUT2D eigenvalue weighted by Crippen LogP contribution is -2.38. The summed E-state index contributed by atoms with van der Waals surface area (Å²) in [5.41, 5.74) is 0. The highest BCUT2D eigenvalue weighted by Gasteiger charge is 2.11. The van der Waals surface area contributed by atoms with Gasteiger partial charge in [-0.25, -0.2) is 0 Å². The molecule has 0 rings (SSSR count). The maximum atomic E-state index is 11.2. The first-order chi connectivity index (χ1) is 6.61. The molecule has 0 heterocycles. The summed E-state index contributed by atoms with van der Waals surface area (Å²) in [6, 6.07) is 0. The Morgan fingerprint density at radius 3 is 2.57 bits per heavy atom. The first kappa shape index (κ1) is 13.2. The molecule has 0 aromatic heterocycles. The number of rotatable bonds is 6. The lowest BCUT2D eigenvalue weighted by Gasteiger charge is -2.15. The van der Waals surface area contributed by atoms with E-state index in [1.165, 1.54) is 4.90 Å². The Morgan fingerprint density at radius 2 is 2.07 bits per heavy atom. The van der Waals surface area contributed by atoms with Crippen LogP contribution in [-0.4, -0.2) is 42.7 Å². The summed E-state index contributed by atoms with van der Waals surface area (Å²) in [6.45, 7) is 2.73. The first-order valence-corrected chi connectivity index (χ1v) is 5.21. The average Bonchev–Trinajstić information content (AvgIpc) is 2.15. The van der Waals surface area contributed by atoms with Gasteiger partial charge < -0.3 is 10.2 Å². The van der Waals surface area contributed by atoms with Crippen LogP contribution in [0.15, 0.2) is 0 Å². The molecule has 2 amide bonds. The molecule has 0 spiro atoms. The van der Waals surface area contributed by atoms with Gasteiger partial charge in [0.05, 0.1) is 6.54 Å². The summed E-state index contributed by atoms with van der Waals surface area (Å²) >= 11 is 5.41. The molecular weight excluding hydrogens is 204 g/mol. The lowest BCUT2D eigenvalue weighted by atomic mass is 10.4. The molecule has 0 bridgehead atoms. The molecule has 1 N–H and O–H groups in total. The van der Waals surface area contributed by atoms with Crippen molar-refractivity contribution in [2.75, 3.05) is 26.0 Å². The maximum absolute atomic E-state index is 11.2. The molecule has 0 aromatic carbocycles. The fourth-order valence-corrected chi connectivity index (χ4v) is 1.06. The van der Waals surface area contributed by atoms with Gasteiger partial charge in [0.2, 0.25) is 11.8 Å². The van der Waals surface area contributed by atoms with E-state index in [2.05, 4.69) is 5.32 Å². The van der Waals surface area contributed by atoms with Crippen LogP contribution in [0.4, 0.5) is 0 Å². The number of amides is 2. The maximum Gasteiger partial charge on any atom is 0.239 e. The smallest absolute Gasteiger partial charge is 0.239 e. The van der Waals surface area contributed by atoms with E-state index >= 15 is 0 Å². The fraction of sp³-hybridized carbons (Fsp3) is 0.778. The van der Waals surface area contributed by atoms with Crippen LogP contribution in [0.25, 0.3) is 0 Å². The van der Waals surface area contributed by atoms with Crippen molar-refractivity contribution in [1.29, 1.82) is 0 Å². The van der Waals surface area contributed by atoms with Crippen molar-refractivity contribution in [2.45, 2.75) is 19.8 Å². The van der Waals surface area contributed by atoms with Crippen LogP contribution in [-0.2, 0) is 9.59 Å². The number of carbonyl (C=O) groups is 2. The molecule has 0 unspecified atom stereocenters. The molecule has 0 saturated heterocycles. The van der Waals surface area contributed by atoms with Gasteiger partial charge in [0.15, 0.2) is 0 Å². The zero-order valence-corrected chi connectivity index (χ0v) is 9.43. The Bertz CT molecular complexity index is 197. The first-order valence-electron chi connectivity index (χ1n) is 4.68. The Morgan fingerprint density at radius 1 is 1.43 bits per heavy atom. The highest BCUT2D eigenvalue weighted by Crippen LogP contribution is 1.92. The second-order valence-electron chi connectivity index (χ2n) is 3.04. The molecule has 14 heavy (non-hydrogen) atoms. The van der Waals surface area contributed by atoms with E-state index in [1.54, 1.807) is 7.05 Å². The van der Waals surface area contributed by atoms with Gasteiger partial charge in [-0.1, -0.05) is 6.92 Å².